The second kappa shape index (κ2) is 5.07. The number of nitrogens with one attached hydrogen (secondary N) is 2. The van der Waals surface area contributed by atoms with Gasteiger partial charge in [0.1, 0.15) is 0 Å². The van der Waals surface area contributed by atoms with Crippen molar-refractivity contribution in [3.8, 4) is 0 Å². The molecular weight excluding hydrogens is 236 g/mol. The summed E-state index contributed by atoms with van der Waals surface area (Å²) in [5.74, 6) is 0.458. The van der Waals surface area contributed by atoms with Crippen LogP contribution in [0.25, 0.3) is 0 Å². The Morgan fingerprint density at radius 1 is 1.47 bits per heavy atom. The van der Waals surface area contributed by atoms with Gasteiger partial charge in [-0.15, -0.1) is 0 Å². The van der Waals surface area contributed by atoms with Crippen molar-refractivity contribution >= 4 is 23.2 Å². The molecule has 1 amide bonds. The first-order valence-electron chi connectivity index (χ1n) is 5.85. The average molecular weight is 253 g/mol. The molecule has 0 bridgehead atoms. The number of carbonyl (C=O) groups is 1. The van der Waals surface area contributed by atoms with Crippen molar-refractivity contribution in [2.45, 2.75) is 13.8 Å². The molecule has 92 valence electrons. The molecule has 1 aromatic carbocycles. The van der Waals surface area contributed by atoms with Gasteiger partial charge in [0.2, 0.25) is 5.91 Å². The predicted molar refractivity (Wildman–Crippen MR) is 70.3 cm³/mol. The number of rotatable bonds is 2. The number of amides is 1. The maximum absolute atomic E-state index is 12.1. The summed E-state index contributed by atoms with van der Waals surface area (Å²) in [7, 11) is 0. The van der Waals surface area contributed by atoms with Crippen molar-refractivity contribution < 1.29 is 4.79 Å². The van der Waals surface area contributed by atoms with Crippen LogP contribution in [-0.4, -0.2) is 19.0 Å². The summed E-state index contributed by atoms with van der Waals surface area (Å²) in [6.45, 7) is 5.71. The Hall–Kier alpha value is -1.06. The van der Waals surface area contributed by atoms with Gasteiger partial charge >= 0.3 is 0 Å². The molecule has 1 heterocycles. The molecule has 2 N–H and O–H groups in total. The van der Waals surface area contributed by atoms with E-state index in [9.17, 15) is 4.79 Å². The molecule has 1 aliphatic heterocycles. The smallest absolute Gasteiger partial charge is 0.229 e. The third-order valence-corrected chi connectivity index (χ3v) is 3.55. The Labute approximate surface area is 107 Å². The summed E-state index contributed by atoms with van der Waals surface area (Å²) in [6, 6.07) is 5.65. The fraction of sp³-hybridized carbons (Fsp3) is 0.462. The van der Waals surface area contributed by atoms with E-state index in [-0.39, 0.29) is 11.8 Å². The lowest BCUT2D eigenvalue weighted by molar-refractivity contribution is -0.120. The summed E-state index contributed by atoms with van der Waals surface area (Å²) >= 11 is 6.09. The molecule has 0 aliphatic carbocycles. The molecule has 4 heteroatoms. The van der Waals surface area contributed by atoms with Gasteiger partial charge in [-0.1, -0.05) is 24.6 Å². The minimum absolute atomic E-state index is 0.0346. The molecule has 0 saturated carbocycles. The van der Waals surface area contributed by atoms with E-state index in [1.807, 2.05) is 25.1 Å². The van der Waals surface area contributed by atoms with Crippen molar-refractivity contribution in [2.24, 2.45) is 11.8 Å². The molecule has 1 saturated heterocycles. The maximum Gasteiger partial charge on any atom is 0.229 e. The van der Waals surface area contributed by atoms with E-state index in [1.54, 1.807) is 0 Å². The second-order valence-corrected chi connectivity index (χ2v) is 5.12. The fourth-order valence-electron chi connectivity index (χ4n) is 2.11. The fourth-order valence-corrected chi connectivity index (χ4v) is 2.39. The van der Waals surface area contributed by atoms with Gasteiger partial charge in [-0.2, -0.15) is 0 Å². The quantitative estimate of drug-likeness (QED) is 0.849. The van der Waals surface area contributed by atoms with Crippen LogP contribution in [0.3, 0.4) is 0 Å². The molecular formula is C13H17ClN2O. The number of aryl methyl sites for hydroxylation is 1. The van der Waals surface area contributed by atoms with Gasteiger partial charge in [-0.05, 0) is 37.1 Å². The van der Waals surface area contributed by atoms with Gasteiger partial charge in [-0.3, -0.25) is 4.79 Å². The summed E-state index contributed by atoms with van der Waals surface area (Å²) in [5.41, 5.74) is 1.78. The van der Waals surface area contributed by atoms with Crippen LogP contribution in [0.2, 0.25) is 5.02 Å². The lowest BCUT2D eigenvalue weighted by Crippen LogP contribution is -2.27. The predicted octanol–water partition coefficient (Wildman–Crippen LogP) is 2.44. The van der Waals surface area contributed by atoms with Crippen LogP contribution in [0.5, 0.6) is 0 Å². The van der Waals surface area contributed by atoms with E-state index in [1.165, 1.54) is 0 Å². The van der Waals surface area contributed by atoms with Crippen molar-refractivity contribution in [1.29, 1.82) is 0 Å². The van der Waals surface area contributed by atoms with Crippen LogP contribution < -0.4 is 10.6 Å². The molecule has 1 fully saturated rings. The van der Waals surface area contributed by atoms with Crippen molar-refractivity contribution in [2.75, 3.05) is 18.4 Å². The van der Waals surface area contributed by atoms with Gasteiger partial charge in [0.05, 0.1) is 16.6 Å². The Kier molecular flexibility index (Phi) is 3.69. The summed E-state index contributed by atoms with van der Waals surface area (Å²) in [5, 5.41) is 6.71. The molecule has 17 heavy (non-hydrogen) atoms. The summed E-state index contributed by atoms with van der Waals surface area (Å²) in [6.07, 6.45) is 0. The lowest BCUT2D eigenvalue weighted by Gasteiger charge is -2.15. The molecule has 3 nitrogen and oxygen atoms in total. The molecule has 2 atom stereocenters. The highest BCUT2D eigenvalue weighted by Gasteiger charge is 2.29. The largest absolute Gasteiger partial charge is 0.324 e. The van der Waals surface area contributed by atoms with Crippen LogP contribution in [0.4, 0.5) is 5.69 Å². The molecule has 0 aromatic heterocycles. The van der Waals surface area contributed by atoms with E-state index >= 15 is 0 Å². The van der Waals surface area contributed by atoms with Crippen molar-refractivity contribution in [3.63, 3.8) is 0 Å². The highest BCUT2D eigenvalue weighted by Crippen LogP contribution is 2.25. The first-order chi connectivity index (χ1) is 8.08. The first kappa shape index (κ1) is 12.4. The number of carbonyl (C=O) groups excluding carboxylic acids is 1. The van der Waals surface area contributed by atoms with Crippen LogP contribution in [0.15, 0.2) is 18.2 Å². The monoisotopic (exact) mass is 252 g/mol. The molecule has 1 aliphatic rings. The Bertz CT molecular complexity index is 433. The molecule has 0 radical (unpaired) electrons. The molecule has 1 aromatic rings. The van der Waals surface area contributed by atoms with Crippen molar-refractivity contribution in [1.82, 2.24) is 5.32 Å². The SMILES string of the molecule is Cc1ccc(NC(=O)[C@@H]2CNC[C@H]2C)c(Cl)c1. The highest BCUT2D eigenvalue weighted by molar-refractivity contribution is 6.33. The molecule has 0 spiro atoms. The Morgan fingerprint density at radius 2 is 2.24 bits per heavy atom. The van der Waals surface area contributed by atoms with Gasteiger partial charge in [-0.25, -0.2) is 0 Å². The van der Waals surface area contributed by atoms with E-state index in [0.29, 0.717) is 16.6 Å². The van der Waals surface area contributed by atoms with E-state index in [0.717, 1.165) is 18.7 Å². The molecule has 0 unspecified atom stereocenters. The Balaban J connectivity index is 2.07. The standard InChI is InChI=1S/C13H17ClN2O/c1-8-3-4-12(11(14)5-8)16-13(17)10-7-15-6-9(10)2/h3-5,9-10,15H,6-7H2,1-2H3,(H,16,17)/t9-,10-/m1/s1. The third kappa shape index (κ3) is 2.79. The lowest BCUT2D eigenvalue weighted by atomic mass is 9.97. The van der Waals surface area contributed by atoms with E-state index < -0.39 is 0 Å². The number of anilines is 1. The van der Waals surface area contributed by atoms with Crippen LogP contribution in [0, 0.1) is 18.8 Å². The van der Waals surface area contributed by atoms with Gasteiger partial charge in [0.25, 0.3) is 0 Å². The topological polar surface area (TPSA) is 41.1 Å². The zero-order chi connectivity index (χ0) is 12.4. The van der Waals surface area contributed by atoms with Crippen LogP contribution in [-0.2, 0) is 4.79 Å². The van der Waals surface area contributed by atoms with Gasteiger partial charge < -0.3 is 10.6 Å². The van der Waals surface area contributed by atoms with E-state index in [4.69, 9.17) is 11.6 Å². The zero-order valence-corrected chi connectivity index (χ0v) is 10.8. The third-order valence-electron chi connectivity index (χ3n) is 3.24. The summed E-state index contributed by atoms with van der Waals surface area (Å²) in [4.78, 5) is 12.1. The van der Waals surface area contributed by atoms with Gasteiger partial charge in [0.15, 0.2) is 0 Å². The Morgan fingerprint density at radius 3 is 2.82 bits per heavy atom. The van der Waals surface area contributed by atoms with E-state index in [2.05, 4.69) is 17.6 Å². The average Bonchev–Trinajstić information content (AvgIpc) is 2.68. The minimum atomic E-state index is 0.0346. The minimum Gasteiger partial charge on any atom is -0.324 e. The summed E-state index contributed by atoms with van der Waals surface area (Å²) < 4.78 is 0. The van der Waals surface area contributed by atoms with Crippen molar-refractivity contribution in [3.05, 3.63) is 28.8 Å². The maximum atomic E-state index is 12.1. The number of hydrogen-bond acceptors (Lipinski definition) is 2. The molecule has 2 rings (SSSR count). The normalized spacial score (nSPS) is 23.7. The first-order valence-corrected chi connectivity index (χ1v) is 6.23. The number of halogens is 1. The second-order valence-electron chi connectivity index (χ2n) is 4.71. The number of hydrogen-bond donors (Lipinski definition) is 2. The number of benzene rings is 1. The van der Waals surface area contributed by atoms with Gasteiger partial charge in [0, 0.05) is 6.54 Å². The van der Waals surface area contributed by atoms with Crippen LogP contribution >= 0.6 is 11.6 Å². The highest BCUT2D eigenvalue weighted by atomic mass is 35.5. The van der Waals surface area contributed by atoms with Crippen LogP contribution in [0.1, 0.15) is 12.5 Å². The zero-order valence-electron chi connectivity index (χ0n) is 10.1.